The summed E-state index contributed by atoms with van der Waals surface area (Å²) in [5.41, 5.74) is 0. The highest BCUT2D eigenvalue weighted by Crippen LogP contribution is 2.17. The van der Waals surface area contributed by atoms with E-state index in [-0.39, 0.29) is 37.4 Å². The van der Waals surface area contributed by atoms with Gasteiger partial charge in [0.2, 0.25) is 11.8 Å². The van der Waals surface area contributed by atoms with Gasteiger partial charge in [0.05, 0.1) is 12.5 Å². The number of nitrogens with zero attached hydrogens (tertiary/aromatic N) is 1. The number of hydrogen-bond donors (Lipinski definition) is 2. The van der Waals surface area contributed by atoms with Crippen LogP contribution in [0.15, 0.2) is 0 Å². The van der Waals surface area contributed by atoms with Crippen molar-refractivity contribution in [3.63, 3.8) is 0 Å². The maximum absolute atomic E-state index is 12.3. The molecular weight excluding hydrogens is 276 g/mol. The molecule has 7 heteroatoms. The number of carboxylic acid groups (broad SMARTS) is 1. The molecule has 7 nitrogen and oxygen atoms in total. The van der Waals surface area contributed by atoms with E-state index in [0.717, 1.165) is 19.3 Å². The monoisotopic (exact) mass is 300 g/mol. The summed E-state index contributed by atoms with van der Waals surface area (Å²) in [5, 5.41) is 11.7. The first kappa shape index (κ1) is 17.4. The van der Waals surface area contributed by atoms with Gasteiger partial charge in [-0.05, 0) is 26.2 Å². The van der Waals surface area contributed by atoms with E-state index in [2.05, 4.69) is 5.32 Å². The second-order valence-corrected chi connectivity index (χ2v) is 5.28. The number of nitrogens with one attached hydrogen (secondary N) is 1. The van der Waals surface area contributed by atoms with E-state index in [1.165, 1.54) is 18.7 Å². The Bertz CT molecular complexity index is 380. The van der Waals surface area contributed by atoms with E-state index in [0.29, 0.717) is 6.61 Å². The SMILES string of the molecule is CC(=O)NCCN(C(=O)CC1CCCCO1)C(C)C(=O)O. The van der Waals surface area contributed by atoms with Gasteiger partial charge in [0, 0.05) is 26.6 Å². The lowest BCUT2D eigenvalue weighted by Gasteiger charge is -2.29. The van der Waals surface area contributed by atoms with E-state index < -0.39 is 12.0 Å². The quantitative estimate of drug-likeness (QED) is 0.709. The molecule has 0 radical (unpaired) electrons. The van der Waals surface area contributed by atoms with Crippen LogP contribution in [0, 0.1) is 0 Å². The van der Waals surface area contributed by atoms with Crippen LogP contribution in [0.25, 0.3) is 0 Å². The van der Waals surface area contributed by atoms with Crippen LogP contribution in [0.3, 0.4) is 0 Å². The summed E-state index contributed by atoms with van der Waals surface area (Å²) in [6.45, 7) is 3.92. The Morgan fingerprint density at radius 2 is 2.10 bits per heavy atom. The lowest BCUT2D eigenvalue weighted by Crippen LogP contribution is -2.47. The summed E-state index contributed by atoms with van der Waals surface area (Å²) in [5.74, 6) is -1.51. The average molecular weight is 300 g/mol. The summed E-state index contributed by atoms with van der Waals surface area (Å²) < 4.78 is 5.52. The number of carbonyl (C=O) groups excluding carboxylic acids is 2. The Balaban J connectivity index is 2.58. The molecular formula is C14H24N2O5. The fraction of sp³-hybridized carbons (Fsp3) is 0.786. The largest absolute Gasteiger partial charge is 0.480 e. The van der Waals surface area contributed by atoms with Crippen LogP contribution in [-0.4, -0.2) is 59.6 Å². The van der Waals surface area contributed by atoms with E-state index in [1.807, 2.05) is 0 Å². The van der Waals surface area contributed by atoms with Gasteiger partial charge in [0.15, 0.2) is 0 Å². The van der Waals surface area contributed by atoms with Crippen LogP contribution in [0.4, 0.5) is 0 Å². The molecule has 1 saturated heterocycles. The third-order valence-corrected chi connectivity index (χ3v) is 3.55. The van der Waals surface area contributed by atoms with Crippen molar-refractivity contribution in [1.82, 2.24) is 10.2 Å². The fourth-order valence-electron chi connectivity index (χ4n) is 2.30. The van der Waals surface area contributed by atoms with Gasteiger partial charge in [-0.25, -0.2) is 4.79 Å². The average Bonchev–Trinajstić information content (AvgIpc) is 2.43. The number of carboxylic acids is 1. The van der Waals surface area contributed by atoms with E-state index in [4.69, 9.17) is 9.84 Å². The Labute approximate surface area is 124 Å². The lowest BCUT2D eigenvalue weighted by molar-refractivity contribution is -0.151. The zero-order valence-corrected chi connectivity index (χ0v) is 12.6. The number of carbonyl (C=O) groups is 3. The molecule has 0 bridgehead atoms. The van der Waals surface area contributed by atoms with Crippen molar-refractivity contribution in [3.8, 4) is 0 Å². The third-order valence-electron chi connectivity index (χ3n) is 3.55. The summed E-state index contributed by atoms with van der Waals surface area (Å²) in [7, 11) is 0. The van der Waals surface area contributed by atoms with Crippen molar-refractivity contribution in [2.24, 2.45) is 0 Å². The normalized spacial score (nSPS) is 19.6. The molecule has 2 unspecified atom stereocenters. The molecule has 1 fully saturated rings. The van der Waals surface area contributed by atoms with Crippen molar-refractivity contribution in [2.75, 3.05) is 19.7 Å². The second-order valence-electron chi connectivity index (χ2n) is 5.28. The highest BCUT2D eigenvalue weighted by Gasteiger charge is 2.28. The second kappa shape index (κ2) is 8.61. The van der Waals surface area contributed by atoms with Crippen LogP contribution in [-0.2, 0) is 19.1 Å². The minimum atomic E-state index is -1.06. The Morgan fingerprint density at radius 1 is 1.38 bits per heavy atom. The van der Waals surface area contributed by atoms with Crippen molar-refractivity contribution in [3.05, 3.63) is 0 Å². The lowest BCUT2D eigenvalue weighted by atomic mass is 10.1. The first-order valence-corrected chi connectivity index (χ1v) is 7.30. The van der Waals surface area contributed by atoms with Crippen LogP contribution in [0.5, 0.6) is 0 Å². The first-order chi connectivity index (χ1) is 9.91. The van der Waals surface area contributed by atoms with E-state index in [9.17, 15) is 14.4 Å². The van der Waals surface area contributed by atoms with Gasteiger partial charge in [-0.3, -0.25) is 9.59 Å². The highest BCUT2D eigenvalue weighted by atomic mass is 16.5. The highest BCUT2D eigenvalue weighted by molar-refractivity contribution is 5.83. The van der Waals surface area contributed by atoms with Gasteiger partial charge in [-0.2, -0.15) is 0 Å². The predicted molar refractivity (Wildman–Crippen MR) is 75.7 cm³/mol. The Kier molecular flexibility index (Phi) is 7.14. The zero-order valence-electron chi connectivity index (χ0n) is 12.6. The van der Waals surface area contributed by atoms with Crippen molar-refractivity contribution < 1.29 is 24.2 Å². The number of ether oxygens (including phenoxy) is 1. The number of rotatable bonds is 7. The molecule has 2 N–H and O–H groups in total. The minimum Gasteiger partial charge on any atom is -0.480 e. The van der Waals surface area contributed by atoms with Crippen LogP contribution in [0.2, 0.25) is 0 Å². The maximum atomic E-state index is 12.3. The van der Waals surface area contributed by atoms with Crippen molar-refractivity contribution in [2.45, 2.75) is 51.7 Å². The standard InChI is InChI=1S/C14H24N2O5/c1-10(14(19)20)16(7-6-15-11(2)17)13(18)9-12-5-3-4-8-21-12/h10,12H,3-9H2,1-2H3,(H,15,17)(H,19,20). The van der Waals surface area contributed by atoms with Crippen molar-refractivity contribution in [1.29, 1.82) is 0 Å². The van der Waals surface area contributed by atoms with Crippen LogP contribution < -0.4 is 5.32 Å². The smallest absolute Gasteiger partial charge is 0.326 e. The van der Waals surface area contributed by atoms with Crippen LogP contribution in [0.1, 0.15) is 39.5 Å². The van der Waals surface area contributed by atoms with Gasteiger partial charge in [0.1, 0.15) is 6.04 Å². The first-order valence-electron chi connectivity index (χ1n) is 7.30. The Morgan fingerprint density at radius 3 is 2.62 bits per heavy atom. The molecule has 0 aromatic heterocycles. The van der Waals surface area contributed by atoms with E-state index >= 15 is 0 Å². The molecule has 0 aromatic rings. The molecule has 2 amide bonds. The third kappa shape index (κ3) is 6.12. The molecule has 0 spiro atoms. The van der Waals surface area contributed by atoms with Gasteiger partial charge < -0.3 is 20.1 Å². The molecule has 21 heavy (non-hydrogen) atoms. The fourth-order valence-corrected chi connectivity index (χ4v) is 2.30. The predicted octanol–water partition coefficient (Wildman–Crippen LogP) is 0.383. The molecule has 120 valence electrons. The molecule has 1 aliphatic heterocycles. The molecule has 2 atom stereocenters. The molecule has 1 aliphatic rings. The molecule has 0 aliphatic carbocycles. The summed E-state index contributed by atoms with van der Waals surface area (Å²) in [6, 6.07) is -0.921. The van der Waals surface area contributed by atoms with Gasteiger partial charge in [-0.15, -0.1) is 0 Å². The molecule has 0 aromatic carbocycles. The zero-order chi connectivity index (χ0) is 15.8. The number of hydrogen-bond acceptors (Lipinski definition) is 4. The van der Waals surface area contributed by atoms with Crippen LogP contribution >= 0.6 is 0 Å². The molecule has 0 saturated carbocycles. The summed E-state index contributed by atoms with van der Waals surface area (Å²) >= 11 is 0. The van der Waals surface area contributed by atoms with E-state index in [1.54, 1.807) is 0 Å². The summed E-state index contributed by atoms with van der Waals surface area (Å²) in [4.78, 5) is 35.6. The Hall–Kier alpha value is -1.63. The minimum absolute atomic E-state index is 0.129. The van der Waals surface area contributed by atoms with Gasteiger partial charge in [-0.1, -0.05) is 0 Å². The number of aliphatic carboxylic acids is 1. The molecule has 1 heterocycles. The van der Waals surface area contributed by atoms with Crippen molar-refractivity contribution >= 4 is 17.8 Å². The van der Waals surface area contributed by atoms with Gasteiger partial charge >= 0.3 is 5.97 Å². The van der Waals surface area contributed by atoms with Gasteiger partial charge in [0.25, 0.3) is 0 Å². The topological polar surface area (TPSA) is 95.9 Å². The summed E-state index contributed by atoms with van der Waals surface area (Å²) in [6.07, 6.45) is 2.92. The number of amides is 2. The maximum Gasteiger partial charge on any atom is 0.326 e. The molecule has 1 rings (SSSR count).